The molecule has 0 saturated carbocycles. The summed E-state index contributed by atoms with van der Waals surface area (Å²) in [6.07, 6.45) is 5.74. The number of aromatic nitrogens is 3. The molecule has 0 aliphatic carbocycles. The minimum Gasteiger partial charge on any atom is -0.352 e. The first-order chi connectivity index (χ1) is 10.6. The summed E-state index contributed by atoms with van der Waals surface area (Å²) in [7, 11) is 0. The van der Waals surface area contributed by atoms with Gasteiger partial charge in [-0.1, -0.05) is 0 Å². The van der Waals surface area contributed by atoms with Crippen molar-refractivity contribution >= 4 is 11.6 Å². The van der Waals surface area contributed by atoms with E-state index in [0.29, 0.717) is 23.2 Å². The Morgan fingerprint density at radius 3 is 2.91 bits per heavy atom. The second-order valence-electron chi connectivity index (χ2n) is 6.27. The highest BCUT2D eigenvalue weighted by Crippen LogP contribution is 2.18. The lowest BCUT2D eigenvalue weighted by Crippen LogP contribution is -2.41. The van der Waals surface area contributed by atoms with Gasteiger partial charge in [0.2, 0.25) is 0 Å². The van der Waals surface area contributed by atoms with Crippen molar-refractivity contribution in [3.05, 3.63) is 30.2 Å². The van der Waals surface area contributed by atoms with Gasteiger partial charge in [-0.3, -0.25) is 9.20 Å². The van der Waals surface area contributed by atoms with Gasteiger partial charge in [-0.2, -0.15) is 0 Å². The Kier molecular flexibility index (Phi) is 4.38. The Labute approximate surface area is 130 Å². The van der Waals surface area contributed by atoms with E-state index >= 15 is 0 Å². The van der Waals surface area contributed by atoms with Crippen molar-refractivity contribution in [3.8, 4) is 0 Å². The molecule has 0 bridgehead atoms. The number of rotatable bonds is 4. The largest absolute Gasteiger partial charge is 0.352 e. The van der Waals surface area contributed by atoms with E-state index in [0.717, 1.165) is 32.5 Å². The number of hydrogen-bond donors (Lipinski definition) is 1. The molecule has 3 heterocycles. The molecule has 118 valence electrons. The molecule has 0 radical (unpaired) electrons. The summed E-state index contributed by atoms with van der Waals surface area (Å²) in [6, 6.07) is 4.24. The quantitative estimate of drug-likeness (QED) is 0.931. The number of piperidine rings is 1. The first-order valence-corrected chi connectivity index (χ1v) is 7.95. The van der Waals surface area contributed by atoms with Gasteiger partial charge < -0.3 is 10.2 Å². The van der Waals surface area contributed by atoms with E-state index in [4.69, 9.17) is 0 Å². The molecular weight excluding hydrogens is 278 g/mol. The molecule has 0 unspecified atom stereocenters. The third kappa shape index (κ3) is 3.11. The Bertz CT molecular complexity index is 643. The van der Waals surface area contributed by atoms with E-state index < -0.39 is 0 Å². The van der Waals surface area contributed by atoms with Crippen LogP contribution in [0.3, 0.4) is 0 Å². The first-order valence-electron chi connectivity index (χ1n) is 7.95. The third-order valence-electron chi connectivity index (χ3n) is 4.50. The Hall–Kier alpha value is -1.95. The van der Waals surface area contributed by atoms with E-state index in [1.165, 1.54) is 0 Å². The fourth-order valence-electron chi connectivity index (χ4n) is 3.03. The van der Waals surface area contributed by atoms with Gasteiger partial charge in [-0.25, -0.2) is 0 Å². The molecule has 0 aromatic carbocycles. The average Bonchev–Trinajstić information content (AvgIpc) is 3.01. The van der Waals surface area contributed by atoms with Crippen LogP contribution in [0.4, 0.5) is 0 Å². The fraction of sp³-hybridized carbons (Fsp3) is 0.562. The van der Waals surface area contributed by atoms with Crippen LogP contribution in [0.15, 0.2) is 24.7 Å². The topological polar surface area (TPSA) is 62.5 Å². The van der Waals surface area contributed by atoms with Crippen molar-refractivity contribution in [1.82, 2.24) is 24.8 Å². The summed E-state index contributed by atoms with van der Waals surface area (Å²) >= 11 is 0. The van der Waals surface area contributed by atoms with Gasteiger partial charge in [0.05, 0.1) is 5.56 Å². The summed E-state index contributed by atoms with van der Waals surface area (Å²) in [4.78, 5) is 14.9. The minimum absolute atomic E-state index is 0.0649. The summed E-state index contributed by atoms with van der Waals surface area (Å²) < 4.78 is 1.76. The molecular formula is C16H23N5O. The highest BCUT2D eigenvalue weighted by atomic mass is 16.1. The van der Waals surface area contributed by atoms with Crippen molar-refractivity contribution in [2.75, 3.05) is 19.6 Å². The van der Waals surface area contributed by atoms with Crippen LogP contribution >= 0.6 is 0 Å². The van der Waals surface area contributed by atoms with Gasteiger partial charge in [0.1, 0.15) is 6.33 Å². The Balaban J connectivity index is 1.56. The molecule has 2 aromatic rings. The van der Waals surface area contributed by atoms with Gasteiger partial charge in [-0.05, 0) is 57.8 Å². The number of fused-ring (bicyclic) bond motifs is 1. The molecule has 22 heavy (non-hydrogen) atoms. The SMILES string of the molecule is CC(C)N1CCC(CNC(=O)c2cccn3cnnc23)CC1. The Morgan fingerprint density at radius 2 is 2.18 bits per heavy atom. The van der Waals surface area contributed by atoms with Crippen molar-refractivity contribution in [3.63, 3.8) is 0 Å². The molecule has 1 saturated heterocycles. The summed E-state index contributed by atoms with van der Waals surface area (Å²) in [5.41, 5.74) is 1.19. The van der Waals surface area contributed by atoms with Crippen LogP contribution in [0.25, 0.3) is 5.65 Å². The van der Waals surface area contributed by atoms with Crippen molar-refractivity contribution in [2.24, 2.45) is 5.92 Å². The van der Waals surface area contributed by atoms with E-state index in [9.17, 15) is 4.79 Å². The van der Waals surface area contributed by atoms with E-state index in [1.807, 2.05) is 12.3 Å². The van der Waals surface area contributed by atoms with Crippen LogP contribution in [-0.2, 0) is 0 Å². The van der Waals surface area contributed by atoms with Crippen LogP contribution in [-0.4, -0.2) is 51.1 Å². The zero-order valence-corrected chi connectivity index (χ0v) is 13.2. The van der Waals surface area contributed by atoms with Crippen LogP contribution in [0.2, 0.25) is 0 Å². The maximum atomic E-state index is 12.4. The average molecular weight is 301 g/mol. The monoisotopic (exact) mass is 301 g/mol. The number of likely N-dealkylation sites (tertiary alicyclic amines) is 1. The summed E-state index contributed by atoms with van der Waals surface area (Å²) in [6.45, 7) is 7.46. The Morgan fingerprint density at radius 1 is 1.41 bits per heavy atom. The van der Waals surface area contributed by atoms with E-state index in [2.05, 4.69) is 34.3 Å². The van der Waals surface area contributed by atoms with Gasteiger partial charge in [0.15, 0.2) is 5.65 Å². The summed E-state index contributed by atoms with van der Waals surface area (Å²) in [5.74, 6) is 0.501. The van der Waals surface area contributed by atoms with Crippen molar-refractivity contribution < 1.29 is 4.79 Å². The van der Waals surface area contributed by atoms with Crippen LogP contribution in [0, 0.1) is 5.92 Å². The molecule has 0 spiro atoms. The van der Waals surface area contributed by atoms with E-state index in [1.54, 1.807) is 16.8 Å². The lowest BCUT2D eigenvalue weighted by molar-refractivity contribution is 0.0931. The highest BCUT2D eigenvalue weighted by molar-refractivity contribution is 5.99. The van der Waals surface area contributed by atoms with Crippen LogP contribution < -0.4 is 5.32 Å². The van der Waals surface area contributed by atoms with Crippen LogP contribution in [0.1, 0.15) is 37.0 Å². The lowest BCUT2D eigenvalue weighted by atomic mass is 9.96. The molecule has 1 aliphatic heterocycles. The van der Waals surface area contributed by atoms with Gasteiger partial charge in [0, 0.05) is 18.8 Å². The lowest BCUT2D eigenvalue weighted by Gasteiger charge is -2.34. The molecule has 1 amide bonds. The minimum atomic E-state index is -0.0649. The highest BCUT2D eigenvalue weighted by Gasteiger charge is 2.21. The number of nitrogens with one attached hydrogen (secondary N) is 1. The number of hydrogen-bond acceptors (Lipinski definition) is 4. The maximum Gasteiger partial charge on any atom is 0.255 e. The van der Waals surface area contributed by atoms with Gasteiger partial charge in [-0.15, -0.1) is 10.2 Å². The second-order valence-corrected chi connectivity index (χ2v) is 6.27. The zero-order chi connectivity index (χ0) is 15.5. The molecule has 6 nitrogen and oxygen atoms in total. The molecule has 3 rings (SSSR count). The number of nitrogens with zero attached hydrogens (tertiary/aromatic N) is 4. The van der Waals surface area contributed by atoms with Gasteiger partial charge >= 0.3 is 0 Å². The van der Waals surface area contributed by atoms with Crippen LogP contribution in [0.5, 0.6) is 0 Å². The number of carbonyl (C=O) groups excluding carboxylic acids is 1. The normalized spacial score (nSPS) is 17.2. The van der Waals surface area contributed by atoms with Crippen molar-refractivity contribution in [2.45, 2.75) is 32.7 Å². The number of pyridine rings is 1. The molecule has 0 atom stereocenters. The molecule has 6 heteroatoms. The molecule has 1 aliphatic rings. The summed E-state index contributed by atoms with van der Waals surface area (Å²) in [5, 5.41) is 10.9. The second kappa shape index (κ2) is 6.44. The standard InChI is InChI=1S/C16H23N5O/c1-12(2)20-8-5-13(6-9-20)10-17-16(22)14-4-3-7-21-11-18-19-15(14)21/h3-4,7,11-13H,5-6,8-10H2,1-2H3,(H,17,22). The van der Waals surface area contributed by atoms with Crippen molar-refractivity contribution in [1.29, 1.82) is 0 Å². The first kappa shape index (κ1) is 15.0. The zero-order valence-electron chi connectivity index (χ0n) is 13.2. The molecule has 2 aromatic heterocycles. The maximum absolute atomic E-state index is 12.4. The molecule has 1 N–H and O–H groups in total. The van der Waals surface area contributed by atoms with Gasteiger partial charge in [0.25, 0.3) is 5.91 Å². The number of carbonyl (C=O) groups is 1. The fourth-order valence-corrected chi connectivity index (χ4v) is 3.03. The van der Waals surface area contributed by atoms with E-state index in [-0.39, 0.29) is 5.91 Å². The third-order valence-corrected chi connectivity index (χ3v) is 4.50. The molecule has 1 fully saturated rings. The predicted molar refractivity (Wildman–Crippen MR) is 84.8 cm³/mol. The smallest absolute Gasteiger partial charge is 0.255 e. The number of amides is 1. The predicted octanol–water partition coefficient (Wildman–Crippen LogP) is 1.58.